The minimum Gasteiger partial charge on any atom is -0.461 e. The van der Waals surface area contributed by atoms with Crippen molar-refractivity contribution in [2.24, 2.45) is 0 Å². The van der Waals surface area contributed by atoms with Gasteiger partial charge in [-0.05, 0) is 36.8 Å². The third-order valence-electron chi connectivity index (χ3n) is 2.31. The number of rotatable bonds is 4. The van der Waals surface area contributed by atoms with E-state index in [0.29, 0.717) is 4.90 Å². The molecule has 0 aliphatic heterocycles. The van der Waals surface area contributed by atoms with Gasteiger partial charge in [0.1, 0.15) is 0 Å². The van der Waals surface area contributed by atoms with Crippen LogP contribution in [0.5, 0.6) is 0 Å². The third kappa shape index (κ3) is 2.91. The molecule has 1 aromatic carbocycles. The van der Waals surface area contributed by atoms with E-state index in [9.17, 15) is 9.00 Å². The maximum atomic E-state index is 12.0. The highest BCUT2D eigenvalue weighted by Crippen LogP contribution is 2.11. The van der Waals surface area contributed by atoms with Gasteiger partial charge in [0, 0.05) is 4.90 Å². The summed E-state index contributed by atoms with van der Waals surface area (Å²) in [5.74, 6) is -0.0300. The molecule has 0 fully saturated rings. The molecule has 0 bridgehead atoms. The van der Waals surface area contributed by atoms with E-state index < -0.39 is 10.8 Å². The van der Waals surface area contributed by atoms with Crippen LogP contribution in [-0.4, -0.2) is 15.7 Å². The van der Waals surface area contributed by atoms with Gasteiger partial charge >= 0.3 is 0 Å². The zero-order valence-corrected chi connectivity index (χ0v) is 10.2. The molecular weight excluding hydrogens is 236 g/mol. The van der Waals surface area contributed by atoms with Crippen LogP contribution < -0.4 is 0 Å². The molecular formula is C13H12O3S. The van der Waals surface area contributed by atoms with Crippen molar-refractivity contribution >= 4 is 16.6 Å². The Kier molecular flexibility index (Phi) is 3.54. The lowest BCUT2D eigenvalue weighted by atomic mass is 10.2. The molecule has 1 heterocycles. The summed E-state index contributed by atoms with van der Waals surface area (Å²) in [6.45, 7) is 1.93. The molecule has 0 aliphatic carbocycles. The lowest BCUT2D eigenvalue weighted by Crippen LogP contribution is -2.10. The minimum atomic E-state index is -1.32. The molecule has 2 aromatic rings. The van der Waals surface area contributed by atoms with Crippen molar-refractivity contribution in [1.29, 1.82) is 0 Å². The van der Waals surface area contributed by atoms with Crippen LogP contribution in [0.25, 0.3) is 0 Å². The first kappa shape index (κ1) is 11.8. The Morgan fingerprint density at radius 2 is 2.12 bits per heavy atom. The van der Waals surface area contributed by atoms with Crippen LogP contribution >= 0.6 is 0 Å². The Morgan fingerprint density at radius 3 is 2.76 bits per heavy atom. The summed E-state index contributed by atoms with van der Waals surface area (Å²) in [7, 11) is -1.32. The third-order valence-corrected chi connectivity index (χ3v) is 3.61. The number of hydrogen-bond donors (Lipinski definition) is 0. The van der Waals surface area contributed by atoms with Crippen molar-refractivity contribution in [2.45, 2.75) is 11.8 Å². The Morgan fingerprint density at radius 1 is 1.29 bits per heavy atom. The fourth-order valence-electron chi connectivity index (χ4n) is 1.47. The molecule has 0 N–H and O–H groups in total. The van der Waals surface area contributed by atoms with Gasteiger partial charge in [-0.15, -0.1) is 0 Å². The second kappa shape index (κ2) is 5.10. The average Bonchev–Trinajstić information content (AvgIpc) is 2.82. The van der Waals surface area contributed by atoms with E-state index in [1.807, 2.05) is 25.1 Å². The van der Waals surface area contributed by atoms with Crippen molar-refractivity contribution in [2.75, 3.05) is 5.75 Å². The molecule has 0 saturated carbocycles. The number of hydrogen-bond acceptors (Lipinski definition) is 3. The van der Waals surface area contributed by atoms with E-state index in [4.69, 9.17) is 4.42 Å². The smallest absolute Gasteiger partial charge is 0.210 e. The first-order chi connectivity index (χ1) is 8.16. The van der Waals surface area contributed by atoms with Crippen LogP contribution in [0.4, 0.5) is 0 Å². The standard InChI is InChI=1S/C13H12O3S/c1-10-4-2-5-11(8-10)17(15)9-12(14)13-6-3-7-16-13/h2-8H,9H2,1H3. The fourth-order valence-corrected chi connectivity index (χ4v) is 2.56. The molecule has 2 rings (SSSR count). The summed E-state index contributed by atoms with van der Waals surface area (Å²) in [6, 6.07) is 10.6. The predicted octanol–water partition coefficient (Wildman–Crippen LogP) is 2.58. The number of ketones is 1. The van der Waals surface area contributed by atoms with Crippen molar-refractivity contribution in [1.82, 2.24) is 0 Å². The predicted molar refractivity (Wildman–Crippen MR) is 65.5 cm³/mol. The van der Waals surface area contributed by atoms with Crippen LogP contribution in [0.15, 0.2) is 52.0 Å². The molecule has 88 valence electrons. The lowest BCUT2D eigenvalue weighted by Gasteiger charge is -2.01. The maximum Gasteiger partial charge on any atom is 0.210 e. The largest absolute Gasteiger partial charge is 0.461 e. The topological polar surface area (TPSA) is 47.3 Å². The number of Topliss-reactive ketones (excluding diaryl/α,β-unsaturated/α-hetero) is 1. The molecule has 3 nitrogen and oxygen atoms in total. The van der Waals surface area contributed by atoms with Crippen LogP contribution in [0.1, 0.15) is 16.1 Å². The maximum absolute atomic E-state index is 12.0. The Labute approximate surface area is 102 Å². The first-order valence-electron chi connectivity index (χ1n) is 5.18. The lowest BCUT2D eigenvalue weighted by molar-refractivity contribution is 0.0991. The van der Waals surface area contributed by atoms with E-state index >= 15 is 0 Å². The zero-order valence-electron chi connectivity index (χ0n) is 9.38. The summed E-state index contributed by atoms with van der Waals surface area (Å²) in [4.78, 5) is 12.4. The molecule has 4 heteroatoms. The number of carbonyl (C=O) groups excluding carboxylic acids is 1. The molecule has 0 saturated heterocycles. The summed E-state index contributed by atoms with van der Waals surface area (Å²) in [5.41, 5.74) is 1.03. The summed E-state index contributed by atoms with van der Waals surface area (Å²) < 4.78 is 16.9. The number of furan rings is 1. The van der Waals surface area contributed by atoms with E-state index in [0.717, 1.165) is 5.56 Å². The Balaban J connectivity index is 2.10. The van der Waals surface area contributed by atoms with E-state index in [1.165, 1.54) is 6.26 Å². The van der Waals surface area contributed by atoms with Crippen LogP contribution in [0, 0.1) is 6.92 Å². The van der Waals surface area contributed by atoms with Gasteiger partial charge in [0.2, 0.25) is 5.78 Å². The summed E-state index contributed by atoms with van der Waals surface area (Å²) in [5, 5.41) is 0. The molecule has 0 radical (unpaired) electrons. The monoisotopic (exact) mass is 248 g/mol. The van der Waals surface area contributed by atoms with Crippen molar-refractivity contribution in [3.63, 3.8) is 0 Å². The van der Waals surface area contributed by atoms with Gasteiger partial charge in [0.25, 0.3) is 0 Å². The van der Waals surface area contributed by atoms with Gasteiger partial charge in [0.05, 0.1) is 22.8 Å². The Bertz CT molecular complexity index is 544. The highest BCUT2D eigenvalue weighted by molar-refractivity contribution is 7.85. The second-order valence-electron chi connectivity index (χ2n) is 3.71. The van der Waals surface area contributed by atoms with Gasteiger partial charge in [-0.3, -0.25) is 9.00 Å². The number of benzene rings is 1. The van der Waals surface area contributed by atoms with Gasteiger partial charge in [0.15, 0.2) is 5.76 Å². The van der Waals surface area contributed by atoms with Gasteiger partial charge in [-0.25, -0.2) is 0 Å². The van der Waals surface area contributed by atoms with E-state index in [-0.39, 0.29) is 17.3 Å². The SMILES string of the molecule is Cc1cccc(S(=O)CC(=O)c2ccco2)c1. The molecule has 17 heavy (non-hydrogen) atoms. The highest BCUT2D eigenvalue weighted by atomic mass is 32.2. The number of aryl methyl sites for hydroxylation is 1. The summed E-state index contributed by atoms with van der Waals surface area (Å²) >= 11 is 0. The molecule has 1 unspecified atom stereocenters. The summed E-state index contributed by atoms with van der Waals surface area (Å²) in [6.07, 6.45) is 1.43. The van der Waals surface area contributed by atoms with Crippen molar-refractivity contribution in [3.8, 4) is 0 Å². The van der Waals surface area contributed by atoms with Crippen LogP contribution in [-0.2, 0) is 10.8 Å². The van der Waals surface area contributed by atoms with Crippen molar-refractivity contribution in [3.05, 3.63) is 54.0 Å². The molecule has 0 spiro atoms. The number of carbonyl (C=O) groups is 1. The van der Waals surface area contributed by atoms with Gasteiger partial charge in [-0.1, -0.05) is 12.1 Å². The highest BCUT2D eigenvalue weighted by Gasteiger charge is 2.14. The van der Waals surface area contributed by atoms with Crippen LogP contribution in [0.2, 0.25) is 0 Å². The molecule has 1 atom stereocenters. The molecule has 1 aromatic heterocycles. The van der Waals surface area contributed by atoms with Gasteiger partial charge in [-0.2, -0.15) is 0 Å². The quantitative estimate of drug-likeness (QED) is 0.781. The zero-order chi connectivity index (χ0) is 12.3. The molecule has 0 amide bonds. The normalized spacial score (nSPS) is 12.3. The van der Waals surface area contributed by atoms with Gasteiger partial charge < -0.3 is 4.42 Å². The second-order valence-corrected chi connectivity index (χ2v) is 5.16. The Hall–Kier alpha value is -1.68. The molecule has 0 aliphatic rings. The van der Waals surface area contributed by atoms with Crippen molar-refractivity contribution < 1.29 is 13.4 Å². The fraction of sp³-hybridized carbons (Fsp3) is 0.154. The van der Waals surface area contributed by atoms with Crippen LogP contribution in [0.3, 0.4) is 0 Å². The first-order valence-corrected chi connectivity index (χ1v) is 6.50. The minimum absolute atomic E-state index is 0.0447. The average molecular weight is 248 g/mol. The van der Waals surface area contributed by atoms with E-state index in [1.54, 1.807) is 18.2 Å². The van der Waals surface area contributed by atoms with E-state index in [2.05, 4.69) is 0 Å².